The molecule has 0 unspecified atom stereocenters. The third kappa shape index (κ3) is 152. The molecule has 0 radical (unpaired) electrons. The second-order valence-corrected chi connectivity index (χ2v) is 0.471. The predicted molar refractivity (Wildman–Crippen MR) is 24.0 cm³/mol. The Morgan fingerprint density at radius 1 is 1.00 bits per heavy atom. The fourth-order valence-electron chi connectivity index (χ4n) is 0. The van der Waals surface area contributed by atoms with Crippen LogP contribution < -0.4 is 0 Å². The van der Waals surface area contributed by atoms with Crippen LogP contribution in [-0.2, 0) is 0 Å². The summed E-state index contributed by atoms with van der Waals surface area (Å²) < 4.78 is 0. The number of hydrogen-bond acceptors (Lipinski definition) is 0. The molecule has 2 N–H and O–H groups in total. The fourth-order valence-corrected chi connectivity index (χ4v) is 0. The Bertz CT molecular complexity index is 28.5. The molecule has 0 aliphatic rings. The fraction of sp³-hybridized carbons (Fsp3) is 0. The first-order valence-electron chi connectivity index (χ1n) is 1.15. The van der Waals surface area contributed by atoms with Crippen LogP contribution in [0.3, 0.4) is 0 Å². The van der Waals surface area contributed by atoms with Gasteiger partial charge in [0.15, 0.2) is 0 Å². The first-order valence-corrected chi connectivity index (χ1v) is 1.15. The third-order valence-corrected chi connectivity index (χ3v) is 0.167. The quantitative estimate of drug-likeness (QED) is 0.408. The van der Waals surface area contributed by atoms with Crippen LogP contribution in [0.1, 0.15) is 0 Å². The minimum absolute atomic E-state index is 0. The van der Waals surface area contributed by atoms with Crippen LogP contribution in [0.25, 0.3) is 0 Å². The van der Waals surface area contributed by atoms with Crippen molar-refractivity contribution in [2.24, 2.45) is 0 Å². The summed E-state index contributed by atoms with van der Waals surface area (Å²) in [5.74, 6) is 0. The van der Waals surface area contributed by atoms with E-state index in [9.17, 15) is 0 Å². The summed E-state index contributed by atoms with van der Waals surface area (Å²) in [6, 6.07) is 0. The van der Waals surface area contributed by atoms with Gasteiger partial charge in [0.1, 0.15) is 0 Å². The van der Waals surface area contributed by atoms with Gasteiger partial charge in [-0.15, -0.1) is 0 Å². The van der Waals surface area contributed by atoms with E-state index in [4.69, 9.17) is 0 Å². The minimum Gasteiger partial charge on any atom is -0.412 e. The number of hydrogen-bond donors (Lipinski definition) is 0. The summed E-state index contributed by atoms with van der Waals surface area (Å²) in [4.78, 5) is 0. The van der Waals surface area contributed by atoms with E-state index in [1.54, 1.807) is 12.2 Å². The Balaban J connectivity index is -0.0000000450. The zero-order chi connectivity index (χ0) is 3.41. The molecular formula is C4H8HeO. The molecule has 0 aromatic carbocycles. The van der Waals surface area contributed by atoms with E-state index < -0.39 is 0 Å². The molecule has 0 rings (SSSR count). The van der Waals surface area contributed by atoms with E-state index in [0.717, 1.165) is 0 Å². The number of rotatable bonds is 1. The molecule has 0 fully saturated rings. The molecule has 0 saturated heterocycles. The smallest absolute Gasteiger partial charge is 0 e. The topological polar surface area (TPSA) is 31.5 Å². The molecule has 32 valence electrons. The molecule has 1 nitrogen and oxygen atoms in total. The summed E-state index contributed by atoms with van der Waals surface area (Å²) in [6.45, 7) is 6.72. The average Bonchev–Trinajstić information content (AvgIpc) is 1.37. The van der Waals surface area contributed by atoms with E-state index in [1.807, 2.05) is 0 Å². The van der Waals surface area contributed by atoms with Crippen molar-refractivity contribution in [3.8, 4) is 0 Å². The molecule has 0 spiro atoms. The van der Waals surface area contributed by atoms with E-state index >= 15 is 0 Å². The van der Waals surface area contributed by atoms with Crippen LogP contribution in [0.2, 0.25) is 0 Å². The van der Waals surface area contributed by atoms with Gasteiger partial charge >= 0.3 is 0 Å². The SMILES string of the molecule is C=CC=C.O.[He]. The monoisotopic (exact) mass is 76.1 g/mol. The van der Waals surface area contributed by atoms with Crippen LogP contribution in [-0.4, -0.2) is 5.48 Å². The summed E-state index contributed by atoms with van der Waals surface area (Å²) in [6.07, 6.45) is 3.28. The predicted octanol–water partition coefficient (Wildman–Crippen LogP) is 0.534. The molecule has 0 amide bonds. The normalized spacial score (nSPS) is 3.33. The van der Waals surface area contributed by atoms with Crippen molar-refractivity contribution in [3.05, 3.63) is 25.3 Å². The van der Waals surface area contributed by atoms with Gasteiger partial charge in [0.2, 0.25) is 0 Å². The van der Waals surface area contributed by atoms with Crippen LogP contribution in [0.4, 0.5) is 0 Å². The Hall–Kier alpha value is -0.651. The molecule has 0 bridgehead atoms. The molecule has 0 atom stereocenters. The van der Waals surface area contributed by atoms with E-state index in [0.29, 0.717) is 0 Å². The molecule has 0 heterocycles. The van der Waals surface area contributed by atoms with Gasteiger partial charge in [-0.2, -0.15) is 0 Å². The summed E-state index contributed by atoms with van der Waals surface area (Å²) >= 11 is 0. The summed E-state index contributed by atoms with van der Waals surface area (Å²) in [5, 5.41) is 0. The molecule has 0 aromatic rings. The van der Waals surface area contributed by atoms with Gasteiger partial charge in [0.25, 0.3) is 0 Å². The standard InChI is InChI=1S/C4H6.He.H2O/c1-3-4-2;;/h3-4H,1-2H2;;1H2. The zero-order valence-electron chi connectivity index (χ0n) is 3.78. The molecule has 0 aliphatic carbocycles. The van der Waals surface area contributed by atoms with Gasteiger partial charge in [0, 0.05) is 6.15 Å². The van der Waals surface area contributed by atoms with Crippen LogP contribution >= 0.6 is 0 Å². The van der Waals surface area contributed by atoms with Gasteiger partial charge in [-0.25, -0.2) is 0 Å². The van der Waals surface area contributed by atoms with Gasteiger partial charge < -0.3 is 5.48 Å². The van der Waals surface area contributed by atoms with Gasteiger partial charge in [0.05, 0.1) is 0 Å². The van der Waals surface area contributed by atoms with Crippen molar-refractivity contribution in [1.29, 1.82) is 0 Å². The van der Waals surface area contributed by atoms with Crippen molar-refractivity contribution in [2.75, 3.05) is 0 Å². The second-order valence-electron chi connectivity index (χ2n) is 0.471. The maximum Gasteiger partial charge on any atom is 0 e. The average molecular weight is 76.1 g/mol. The van der Waals surface area contributed by atoms with Gasteiger partial charge in [-0.3, -0.25) is 0 Å². The molecule has 0 aliphatic heterocycles. The Morgan fingerprint density at radius 2 is 1.17 bits per heavy atom. The molecule has 2 heteroatoms. The third-order valence-electron chi connectivity index (χ3n) is 0.167. The van der Waals surface area contributed by atoms with Crippen molar-refractivity contribution >= 4 is 0 Å². The molecular weight excluding hydrogens is 68.0 g/mol. The second kappa shape index (κ2) is 26.8. The minimum atomic E-state index is 0. The van der Waals surface area contributed by atoms with E-state index in [2.05, 4.69) is 13.2 Å². The molecule has 0 aromatic heterocycles. The van der Waals surface area contributed by atoms with Crippen molar-refractivity contribution < 1.29 is 11.6 Å². The zero-order valence-corrected chi connectivity index (χ0v) is 3.78. The van der Waals surface area contributed by atoms with Crippen molar-refractivity contribution in [2.45, 2.75) is 0 Å². The first-order chi connectivity index (χ1) is 1.91. The van der Waals surface area contributed by atoms with Gasteiger partial charge in [-0.1, -0.05) is 25.3 Å². The van der Waals surface area contributed by atoms with Crippen molar-refractivity contribution in [1.82, 2.24) is 0 Å². The van der Waals surface area contributed by atoms with Crippen molar-refractivity contribution in [3.63, 3.8) is 0 Å². The molecule has 6 heavy (non-hydrogen) atoms. The Kier molecular flexibility index (Phi) is 81.9. The summed E-state index contributed by atoms with van der Waals surface area (Å²) in [7, 11) is 0. The number of allylic oxidation sites excluding steroid dienone is 2. The molecule has 0 saturated carbocycles. The van der Waals surface area contributed by atoms with Crippen LogP contribution in [0.5, 0.6) is 0 Å². The van der Waals surface area contributed by atoms with Crippen LogP contribution in [0.15, 0.2) is 25.3 Å². The Morgan fingerprint density at radius 3 is 1.17 bits per heavy atom. The first kappa shape index (κ1) is 18.3. The maximum atomic E-state index is 3.36. The largest absolute Gasteiger partial charge is 0.412 e. The Labute approximate surface area is 38.1 Å². The maximum absolute atomic E-state index is 3.36. The van der Waals surface area contributed by atoms with E-state index in [1.165, 1.54) is 0 Å². The van der Waals surface area contributed by atoms with E-state index in [-0.39, 0.29) is 11.6 Å². The van der Waals surface area contributed by atoms with Gasteiger partial charge in [-0.05, 0) is 0 Å². The van der Waals surface area contributed by atoms with Crippen LogP contribution in [0, 0.1) is 6.15 Å². The summed E-state index contributed by atoms with van der Waals surface area (Å²) in [5.41, 5.74) is 0.